The third-order valence-corrected chi connectivity index (χ3v) is 9.18. The van der Waals surface area contributed by atoms with Gasteiger partial charge in [0.1, 0.15) is 22.4 Å². The Bertz CT molecular complexity index is 2060. The summed E-state index contributed by atoms with van der Waals surface area (Å²) in [5.41, 5.74) is 1.85. The Morgan fingerprint density at radius 3 is 1.35 bits per heavy atom. The maximum atomic E-state index is 13.6. The van der Waals surface area contributed by atoms with E-state index < -0.39 is 46.8 Å². The Hall–Kier alpha value is -6.07. The van der Waals surface area contributed by atoms with Gasteiger partial charge in [0, 0.05) is 75.0 Å². The highest BCUT2D eigenvalue weighted by Gasteiger charge is 2.29. The minimum Gasteiger partial charge on any atom is -0.444 e. The maximum Gasteiger partial charge on any atom is 0.437 e. The van der Waals surface area contributed by atoms with Crippen molar-refractivity contribution >= 4 is 59.3 Å². The first kappa shape index (κ1) is 49.6. The van der Waals surface area contributed by atoms with Crippen molar-refractivity contribution < 1.29 is 42.9 Å². The van der Waals surface area contributed by atoms with Crippen LogP contribution < -0.4 is 25.8 Å². The van der Waals surface area contributed by atoms with Crippen LogP contribution in [-0.2, 0) is 18.9 Å². The largest absolute Gasteiger partial charge is 0.444 e. The number of nitrogens with zero attached hydrogens (tertiary/aromatic N) is 6. The number of rotatable bonds is 4. The van der Waals surface area contributed by atoms with Gasteiger partial charge in [-0.15, -0.1) is 9.98 Å². The molecule has 5 amide bonds. The lowest BCUT2D eigenvalue weighted by Crippen LogP contribution is -2.54. The van der Waals surface area contributed by atoms with Crippen LogP contribution in [0, 0.1) is 13.8 Å². The molecular weight excluding hydrogens is 811 g/mol. The van der Waals surface area contributed by atoms with Crippen LogP contribution in [0.3, 0.4) is 0 Å². The molecule has 2 fully saturated rings. The number of guanidine groups is 2. The van der Waals surface area contributed by atoms with Gasteiger partial charge in [-0.05, 0) is 144 Å². The van der Waals surface area contributed by atoms with E-state index in [2.05, 4.69) is 35.7 Å². The third-order valence-electron chi connectivity index (χ3n) is 9.18. The molecular formula is C45H67N9O9. The molecule has 2 saturated heterocycles. The molecule has 2 aliphatic rings. The van der Waals surface area contributed by atoms with Gasteiger partial charge in [-0.1, -0.05) is 0 Å². The smallest absolute Gasteiger partial charge is 0.437 e. The minimum atomic E-state index is -0.823. The van der Waals surface area contributed by atoms with Crippen LogP contribution >= 0.6 is 0 Å². The second-order valence-corrected chi connectivity index (χ2v) is 19.5. The van der Waals surface area contributed by atoms with Crippen molar-refractivity contribution in [3.05, 3.63) is 53.1 Å². The first-order valence-electron chi connectivity index (χ1n) is 21.2. The van der Waals surface area contributed by atoms with E-state index in [0.29, 0.717) is 63.6 Å². The number of anilines is 3. The number of alkyl carbamates (subject to hydrolysis) is 2. The van der Waals surface area contributed by atoms with E-state index >= 15 is 0 Å². The number of benzene rings is 2. The molecule has 2 aromatic carbocycles. The molecule has 0 aromatic heterocycles. The second-order valence-electron chi connectivity index (χ2n) is 19.5. The van der Waals surface area contributed by atoms with Gasteiger partial charge in [0.25, 0.3) is 5.91 Å². The number of hydrogen-bond acceptors (Lipinski definition) is 11. The van der Waals surface area contributed by atoms with Gasteiger partial charge in [-0.25, -0.2) is 19.2 Å². The molecule has 0 aliphatic carbocycles. The van der Waals surface area contributed by atoms with E-state index in [1.54, 1.807) is 88.0 Å². The van der Waals surface area contributed by atoms with Gasteiger partial charge in [-0.2, -0.15) is 0 Å². The van der Waals surface area contributed by atoms with E-state index in [0.717, 1.165) is 22.5 Å². The molecule has 2 heterocycles. The number of hydrogen-bond donors (Lipinski definition) is 3. The Labute approximate surface area is 371 Å². The van der Waals surface area contributed by atoms with Crippen molar-refractivity contribution in [1.29, 1.82) is 0 Å². The van der Waals surface area contributed by atoms with E-state index in [9.17, 15) is 24.0 Å². The zero-order valence-electron chi connectivity index (χ0n) is 39.5. The van der Waals surface area contributed by atoms with E-state index in [4.69, 9.17) is 18.9 Å². The maximum absolute atomic E-state index is 13.6. The molecule has 0 radical (unpaired) electrons. The number of aliphatic imine (C=N–C) groups is 2. The van der Waals surface area contributed by atoms with Gasteiger partial charge in [0.2, 0.25) is 11.9 Å². The quantitative estimate of drug-likeness (QED) is 0.156. The van der Waals surface area contributed by atoms with E-state index in [1.165, 1.54) is 0 Å². The summed E-state index contributed by atoms with van der Waals surface area (Å²) >= 11 is 0. The fourth-order valence-corrected chi connectivity index (χ4v) is 6.61. The molecule has 18 nitrogen and oxygen atoms in total. The van der Waals surface area contributed by atoms with Crippen LogP contribution in [0.15, 0.2) is 46.4 Å². The number of piperazine rings is 2. The van der Waals surface area contributed by atoms with Gasteiger partial charge in [0.05, 0.1) is 0 Å². The predicted molar refractivity (Wildman–Crippen MR) is 244 cm³/mol. The number of carbonyl (C=O) groups is 5. The highest BCUT2D eigenvalue weighted by Crippen LogP contribution is 2.27. The normalized spacial score (nSPS) is 15.7. The molecule has 0 unspecified atom stereocenters. The predicted octanol–water partition coefficient (Wildman–Crippen LogP) is 7.43. The summed E-state index contributed by atoms with van der Waals surface area (Å²) in [6.45, 7) is 28.9. The van der Waals surface area contributed by atoms with Crippen LogP contribution in [-0.4, -0.2) is 127 Å². The molecule has 2 aliphatic heterocycles. The lowest BCUT2D eigenvalue weighted by molar-refractivity contribution is 0.0535. The fourth-order valence-electron chi connectivity index (χ4n) is 6.61. The molecule has 0 atom stereocenters. The van der Waals surface area contributed by atoms with Crippen LogP contribution in [0.25, 0.3) is 0 Å². The molecule has 346 valence electrons. The lowest BCUT2D eigenvalue weighted by Gasteiger charge is -2.38. The first-order chi connectivity index (χ1) is 29.0. The minimum absolute atomic E-state index is 0.0533. The fraction of sp³-hybridized carbons (Fsp3) is 0.578. The first-order valence-corrected chi connectivity index (χ1v) is 21.2. The third kappa shape index (κ3) is 16.3. The van der Waals surface area contributed by atoms with Gasteiger partial charge < -0.3 is 43.9 Å². The zero-order valence-corrected chi connectivity index (χ0v) is 39.5. The molecule has 0 spiro atoms. The molecule has 4 rings (SSSR count). The number of ether oxygens (including phenoxy) is 4. The van der Waals surface area contributed by atoms with Crippen molar-refractivity contribution in [3.63, 3.8) is 0 Å². The van der Waals surface area contributed by atoms with Crippen LogP contribution in [0.4, 0.5) is 36.2 Å². The number of aryl methyl sites for hydroxylation is 2. The van der Waals surface area contributed by atoms with Crippen molar-refractivity contribution in [2.24, 2.45) is 9.98 Å². The highest BCUT2D eigenvalue weighted by molar-refractivity contribution is 6.06. The van der Waals surface area contributed by atoms with Crippen molar-refractivity contribution in [1.82, 2.24) is 20.4 Å². The van der Waals surface area contributed by atoms with Gasteiger partial charge >= 0.3 is 24.4 Å². The Balaban J connectivity index is 1.37. The van der Waals surface area contributed by atoms with Crippen molar-refractivity contribution in [3.8, 4) is 0 Å². The number of carbonyl (C=O) groups excluding carboxylic acids is 5. The summed E-state index contributed by atoms with van der Waals surface area (Å²) in [7, 11) is 0. The SMILES string of the molecule is Cc1cc(N2CCN(/C(=N/C(=O)OC(C)(C)C)NC(=O)OC(C)(C)C)CC2)ccc1C(=O)Nc1ccc(N2CCN(/C(=N/C(=O)OC(C)(C)C)NC(=O)OC(C)(C)C)CC2)c(C)c1. The summed E-state index contributed by atoms with van der Waals surface area (Å²) < 4.78 is 21.6. The monoisotopic (exact) mass is 878 g/mol. The average Bonchev–Trinajstić information content (AvgIpc) is 3.11. The van der Waals surface area contributed by atoms with Crippen molar-refractivity contribution in [2.45, 2.75) is 119 Å². The molecule has 0 saturated carbocycles. The summed E-state index contributed by atoms with van der Waals surface area (Å²) in [4.78, 5) is 80.3. The molecule has 18 heteroatoms. The lowest BCUT2D eigenvalue weighted by atomic mass is 10.1. The number of nitrogens with one attached hydrogen (secondary N) is 3. The van der Waals surface area contributed by atoms with Crippen LogP contribution in [0.1, 0.15) is 105 Å². The zero-order chi connectivity index (χ0) is 47.1. The number of amides is 5. The topological polar surface area (TPSA) is 196 Å². The summed E-state index contributed by atoms with van der Waals surface area (Å²) in [5.74, 6) is -0.128. The van der Waals surface area contributed by atoms with E-state index in [1.807, 2.05) is 55.1 Å². The molecule has 0 bridgehead atoms. The Morgan fingerprint density at radius 1 is 0.524 bits per heavy atom. The Kier molecular flexibility index (Phi) is 15.7. The van der Waals surface area contributed by atoms with Gasteiger partial charge in [-0.3, -0.25) is 15.4 Å². The van der Waals surface area contributed by atoms with E-state index in [-0.39, 0.29) is 17.8 Å². The second kappa shape index (κ2) is 20.0. The summed E-state index contributed by atoms with van der Waals surface area (Å²) in [6, 6.07) is 11.5. The molecule has 63 heavy (non-hydrogen) atoms. The average molecular weight is 878 g/mol. The van der Waals surface area contributed by atoms with Crippen LogP contribution in [0.2, 0.25) is 0 Å². The summed E-state index contributed by atoms with van der Waals surface area (Å²) in [6.07, 6.45) is -3.10. The highest BCUT2D eigenvalue weighted by atomic mass is 16.6. The molecule has 2 aromatic rings. The standard InChI is InChI=1S/C45H67N9O9/c1-29-28-32(51-19-23-53(24-20-51)36(47-38(56)60-42(3,4)5)48-39(57)61-43(6,7)8)16-17-33(29)35(55)46-31-15-18-34(30(2)27-31)52-21-25-54(26-22-52)37(49-40(58)62-44(9,10)11)50-41(59)63-45(12,13)14/h15-18,27-28H,19-26H2,1-14H3,(H,46,55)(H,47,48,56,57)(H,49,50,58,59). The van der Waals surface area contributed by atoms with Crippen LogP contribution in [0.5, 0.6) is 0 Å². The molecule has 3 N–H and O–H groups in total. The Morgan fingerprint density at radius 2 is 0.952 bits per heavy atom. The van der Waals surface area contributed by atoms with Crippen molar-refractivity contribution in [2.75, 3.05) is 67.5 Å². The van der Waals surface area contributed by atoms with Gasteiger partial charge in [0.15, 0.2) is 0 Å². The summed E-state index contributed by atoms with van der Waals surface area (Å²) in [5, 5.41) is 8.30.